The molecule has 4 amide bonds. The maximum absolute atomic E-state index is 13.4. The average molecular weight is 774 g/mol. The van der Waals surface area contributed by atoms with Gasteiger partial charge in [0.1, 0.15) is 10.7 Å². The van der Waals surface area contributed by atoms with E-state index in [0.717, 1.165) is 44.2 Å². The number of aromatic nitrogens is 1. The molecule has 2 heterocycles. The fourth-order valence-electron chi connectivity index (χ4n) is 6.49. The molecule has 0 saturated carbocycles. The molecule has 14 nitrogen and oxygen atoms in total. The number of primary amides is 1. The van der Waals surface area contributed by atoms with Crippen LogP contribution in [0.15, 0.2) is 29.6 Å². The Labute approximate surface area is 324 Å². The first-order valence-electron chi connectivity index (χ1n) is 19.1. The second-order valence-corrected chi connectivity index (χ2v) is 15.3. The first-order chi connectivity index (χ1) is 25.6. The molecule has 302 valence electrons. The highest BCUT2D eigenvalue weighted by Gasteiger charge is 2.33. The molecular formula is C39H63N7O7S. The Morgan fingerprint density at radius 3 is 2.35 bits per heavy atom. The van der Waals surface area contributed by atoms with Gasteiger partial charge in [0, 0.05) is 49.6 Å². The molecule has 1 fully saturated rings. The highest BCUT2D eigenvalue weighted by Crippen LogP contribution is 2.31. The van der Waals surface area contributed by atoms with Crippen molar-refractivity contribution in [3.05, 3.63) is 45.9 Å². The van der Waals surface area contributed by atoms with Crippen molar-refractivity contribution in [2.24, 2.45) is 17.6 Å². The van der Waals surface area contributed by atoms with Crippen LogP contribution in [0.3, 0.4) is 0 Å². The number of benzene rings is 1. The van der Waals surface area contributed by atoms with E-state index in [-0.39, 0.29) is 41.9 Å². The van der Waals surface area contributed by atoms with Crippen molar-refractivity contribution in [1.82, 2.24) is 25.4 Å². The summed E-state index contributed by atoms with van der Waals surface area (Å²) in [6, 6.07) is 6.53. The number of nitrogens with two attached hydrogens (primary N) is 2. The Morgan fingerprint density at radius 1 is 1.09 bits per heavy atom. The fourth-order valence-corrected chi connectivity index (χ4v) is 7.33. The van der Waals surface area contributed by atoms with Crippen LogP contribution < -0.4 is 22.1 Å². The molecule has 0 radical (unpaired) electrons. The lowest BCUT2D eigenvalue weighted by atomic mass is 9.95. The number of thiazole rings is 1. The summed E-state index contributed by atoms with van der Waals surface area (Å²) in [4.78, 5) is 69.8. The van der Waals surface area contributed by atoms with Gasteiger partial charge in [-0.3, -0.25) is 24.1 Å². The second-order valence-electron chi connectivity index (χ2n) is 14.4. The molecule has 1 aromatic heterocycles. The van der Waals surface area contributed by atoms with Gasteiger partial charge in [0.2, 0.25) is 11.8 Å². The molecule has 3 unspecified atom stereocenters. The van der Waals surface area contributed by atoms with Crippen molar-refractivity contribution in [2.75, 3.05) is 32.9 Å². The van der Waals surface area contributed by atoms with Crippen LogP contribution in [0.4, 0.5) is 10.5 Å². The summed E-state index contributed by atoms with van der Waals surface area (Å²) >= 11 is 1.20. The number of likely N-dealkylation sites (tertiary alicyclic amines) is 1. The van der Waals surface area contributed by atoms with E-state index in [4.69, 9.17) is 16.2 Å². The zero-order chi connectivity index (χ0) is 40.4. The van der Waals surface area contributed by atoms with Crippen molar-refractivity contribution in [2.45, 2.75) is 123 Å². The molecule has 7 N–H and O–H groups in total. The number of para-hydroxylation sites is 1. The van der Waals surface area contributed by atoms with Crippen LogP contribution in [-0.4, -0.2) is 95.0 Å². The number of alkyl carbamates (subject to hydrolysis) is 1. The molecule has 5 atom stereocenters. The minimum atomic E-state index is -0.958. The van der Waals surface area contributed by atoms with Crippen molar-refractivity contribution in [3.8, 4) is 0 Å². The predicted octanol–water partition coefficient (Wildman–Crippen LogP) is 5.37. The van der Waals surface area contributed by atoms with Gasteiger partial charge in [-0.15, -0.1) is 11.3 Å². The van der Waals surface area contributed by atoms with E-state index in [1.165, 1.54) is 24.8 Å². The van der Waals surface area contributed by atoms with Gasteiger partial charge in [0.25, 0.3) is 5.91 Å². The molecule has 1 aliphatic heterocycles. The normalized spacial score (nSPS) is 16.6. The van der Waals surface area contributed by atoms with Crippen molar-refractivity contribution in [1.29, 1.82) is 0 Å². The third-order valence-electron chi connectivity index (χ3n) is 9.65. The van der Waals surface area contributed by atoms with Crippen molar-refractivity contribution >= 4 is 46.8 Å². The number of anilines is 1. The van der Waals surface area contributed by atoms with Gasteiger partial charge in [-0.2, -0.15) is 0 Å². The van der Waals surface area contributed by atoms with E-state index >= 15 is 0 Å². The van der Waals surface area contributed by atoms with Gasteiger partial charge in [0.05, 0.1) is 12.0 Å². The maximum Gasteiger partial charge on any atom is 0.407 e. The number of rotatable bonds is 19. The number of carbonyl (C=O) groups is 5. The zero-order valence-corrected chi connectivity index (χ0v) is 34.0. The summed E-state index contributed by atoms with van der Waals surface area (Å²) < 4.78 is 5.75. The summed E-state index contributed by atoms with van der Waals surface area (Å²) in [6.07, 6.45) is 5.68. The third kappa shape index (κ3) is 14.9. The van der Waals surface area contributed by atoms with Gasteiger partial charge in [-0.25, -0.2) is 9.78 Å². The number of amides is 4. The number of carbonyl (C=O) groups excluding carboxylic acids is 4. The topological polar surface area (TPSA) is 210 Å². The number of unbranched alkanes of at least 4 members (excludes halogenated alkanes) is 1. The van der Waals surface area contributed by atoms with Crippen molar-refractivity contribution < 1.29 is 33.8 Å². The Bertz CT molecular complexity index is 1500. The molecule has 3 rings (SSSR count). The van der Waals surface area contributed by atoms with Crippen LogP contribution in [0, 0.1) is 11.8 Å². The van der Waals surface area contributed by atoms with E-state index in [9.17, 15) is 29.1 Å². The highest BCUT2D eigenvalue weighted by atomic mass is 32.1. The van der Waals surface area contributed by atoms with Crippen LogP contribution in [0.5, 0.6) is 0 Å². The van der Waals surface area contributed by atoms with Crippen molar-refractivity contribution in [3.63, 3.8) is 0 Å². The summed E-state index contributed by atoms with van der Waals surface area (Å²) in [5, 5.41) is 17.0. The third-order valence-corrected chi connectivity index (χ3v) is 10.6. The smallest absolute Gasteiger partial charge is 0.407 e. The van der Waals surface area contributed by atoms with Gasteiger partial charge >= 0.3 is 12.1 Å². The van der Waals surface area contributed by atoms with Crippen LogP contribution in [0.25, 0.3) is 0 Å². The number of carboxylic acid groups (broad SMARTS) is 1. The molecule has 15 heteroatoms. The van der Waals surface area contributed by atoms with Gasteiger partial charge in [-0.05, 0) is 69.7 Å². The molecule has 54 heavy (non-hydrogen) atoms. The summed E-state index contributed by atoms with van der Waals surface area (Å²) in [6.45, 7) is 11.3. The lowest BCUT2D eigenvalue weighted by Gasteiger charge is -2.36. The van der Waals surface area contributed by atoms with E-state index in [2.05, 4.69) is 15.6 Å². The molecule has 0 aliphatic carbocycles. The molecule has 1 aromatic carbocycles. The first-order valence-corrected chi connectivity index (χ1v) is 20.0. The fraction of sp³-hybridized carbons (Fsp3) is 0.641. The lowest BCUT2D eigenvalue weighted by molar-refractivity contribution is -0.141. The predicted molar refractivity (Wildman–Crippen MR) is 212 cm³/mol. The van der Waals surface area contributed by atoms with E-state index in [1.807, 2.05) is 62.7 Å². The van der Waals surface area contributed by atoms with E-state index < -0.39 is 36.0 Å². The average Bonchev–Trinajstić information content (AvgIpc) is 3.63. The molecule has 0 bridgehead atoms. The quantitative estimate of drug-likeness (QED) is 0.115. The molecular weight excluding hydrogens is 711 g/mol. The number of piperidine rings is 1. The molecule has 1 aliphatic rings. The van der Waals surface area contributed by atoms with E-state index in [1.54, 1.807) is 18.4 Å². The SMILES string of the molecule is CCCCC(=O)N(CCC)C(CC(OC(=O)NC)c1nc(C(=O)N[C@@H](Cc2ccccc2N)CC(C)C(=O)O)cs1)C(C)C.CN1CCCC[C@@H]1C(N)=O. The van der Waals surface area contributed by atoms with Crippen LogP contribution >= 0.6 is 11.3 Å². The highest BCUT2D eigenvalue weighted by molar-refractivity contribution is 7.09. The lowest BCUT2D eigenvalue weighted by Crippen LogP contribution is -2.45. The molecule has 2 aromatic rings. The van der Waals surface area contributed by atoms with E-state index in [0.29, 0.717) is 36.5 Å². The summed E-state index contributed by atoms with van der Waals surface area (Å²) in [5.41, 5.74) is 12.8. The monoisotopic (exact) mass is 773 g/mol. The van der Waals surface area contributed by atoms with Gasteiger partial charge in [0.15, 0.2) is 6.10 Å². The first kappa shape index (κ1) is 45.9. The van der Waals surface area contributed by atoms with Crippen LogP contribution in [-0.2, 0) is 25.5 Å². The number of likely N-dealkylation sites (N-methyl/N-ethyl adjacent to an activating group) is 1. The van der Waals surface area contributed by atoms with Gasteiger partial charge < -0.3 is 36.8 Å². The van der Waals surface area contributed by atoms with Crippen LogP contribution in [0.2, 0.25) is 0 Å². The van der Waals surface area contributed by atoms with Crippen LogP contribution in [0.1, 0.15) is 120 Å². The number of hydrogen-bond donors (Lipinski definition) is 5. The Balaban J connectivity index is 0.000000867. The second kappa shape index (κ2) is 23.5. The minimum absolute atomic E-state index is 0.00579. The van der Waals surface area contributed by atoms with Gasteiger partial charge in [-0.1, -0.05) is 65.7 Å². The number of nitrogens with zero attached hydrogens (tertiary/aromatic N) is 3. The zero-order valence-electron chi connectivity index (χ0n) is 33.1. The number of nitrogens with one attached hydrogen (secondary N) is 2. The minimum Gasteiger partial charge on any atom is -0.481 e. The number of ether oxygens (including phenoxy) is 1. The molecule has 1 saturated heterocycles. The molecule has 0 spiro atoms. The largest absolute Gasteiger partial charge is 0.481 e. The number of carboxylic acids is 1. The number of nitrogen functional groups attached to an aromatic ring is 1. The Hall–Kier alpha value is -4.24. The maximum atomic E-state index is 13.4. The number of aliphatic carboxylic acids is 1. The summed E-state index contributed by atoms with van der Waals surface area (Å²) in [5.74, 6) is -2.15. The standard InChI is InChI=1S/C32H49N5O6S.C7H14N2O/c1-7-9-14-28(38)37(15-8-2)26(20(3)4)18-27(43-32(42)34-6)30-36-25(19-44-30)29(39)35-23(16-21(5)31(40)41)17-22-12-10-11-13-24(22)33;1-9-5-3-2-4-6(9)7(8)10/h10-13,19-21,23,26-27H,7-9,14-18,33H2,1-6H3,(H,34,42)(H,35,39)(H,40,41);6H,2-5H2,1H3,(H2,8,10)/t21?,23-,26?,27?;6-/m11/s1. The number of hydrogen-bond acceptors (Lipinski definition) is 10. The summed E-state index contributed by atoms with van der Waals surface area (Å²) in [7, 11) is 3.42. The Morgan fingerprint density at radius 2 is 1.80 bits per heavy atom. The Kier molecular flexibility index (Phi) is 20.0.